The zero-order chi connectivity index (χ0) is 12.5. The lowest BCUT2D eigenvalue weighted by Gasteiger charge is -2.04. The average Bonchev–Trinajstić information content (AvgIpc) is 2.39. The highest BCUT2D eigenvalue weighted by Crippen LogP contribution is 2.12. The van der Waals surface area contributed by atoms with Gasteiger partial charge in [-0.25, -0.2) is 4.79 Å². The van der Waals surface area contributed by atoms with Crippen LogP contribution in [0.15, 0.2) is 53.3 Å². The van der Waals surface area contributed by atoms with Crippen molar-refractivity contribution in [3.63, 3.8) is 0 Å². The van der Waals surface area contributed by atoms with E-state index in [0.29, 0.717) is 22.4 Å². The molecule has 0 bridgehead atoms. The summed E-state index contributed by atoms with van der Waals surface area (Å²) in [5.41, 5.74) is 7.62. The maximum absolute atomic E-state index is 11.9. The molecule has 0 fully saturated rings. The topological polar surface area (TPSA) is 73.8 Å². The van der Waals surface area contributed by atoms with E-state index in [1.165, 1.54) is 4.68 Å². The number of nitrogens with zero attached hydrogens (tertiary/aromatic N) is 3. The molecule has 0 saturated carbocycles. The first-order chi connectivity index (χ1) is 8.74. The molecule has 5 heteroatoms. The van der Waals surface area contributed by atoms with Crippen LogP contribution in [0, 0.1) is 0 Å². The molecule has 0 spiro atoms. The minimum atomic E-state index is -0.417. The van der Waals surface area contributed by atoms with Gasteiger partial charge in [0.25, 0.3) is 0 Å². The van der Waals surface area contributed by atoms with E-state index in [1.54, 1.807) is 30.3 Å². The molecule has 2 N–H and O–H groups in total. The fraction of sp³-hybridized carbons (Fsp3) is 0. The van der Waals surface area contributed by atoms with Crippen LogP contribution < -0.4 is 11.4 Å². The second kappa shape index (κ2) is 3.96. The Morgan fingerprint density at radius 1 is 1.00 bits per heavy atom. The first kappa shape index (κ1) is 10.5. The summed E-state index contributed by atoms with van der Waals surface area (Å²) in [7, 11) is 0. The summed E-state index contributed by atoms with van der Waals surface area (Å²) in [5.74, 6) is 0. The van der Waals surface area contributed by atoms with Crippen molar-refractivity contribution in [3.8, 4) is 5.69 Å². The second-order valence-electron chi connectivity index (χ2n) is 3.89. The number of benzene rings is 2. The second-order valence-corrected chi connectivity index (χ2v) is 3.89. The number of hydrogen-bond donors (Lipinski definition) is 1. The monoisotopic (exact) mass is 238 g/mol. The molecule has 1 aromatic heterocycles. The molecule has 5 nitrogen and oxygen atoms in total. The highest BCUT2D eigenvalue weighted by Gasteiger charge is 2.05. The first-order valence-electron chi connectivity index (χ1n) is 5.46. The fourth-order valence-corrected chi connectivity index (χ4v) is 1.75. The molecular formula is C13H10N4O. The Hall–Kier alpha value is -2.69. The van der Waals surface area contributed by atoms with E-state index < -0.39 is 5.69 Å². The predicted molar refractivity (Wildman–Crippen MR) is 69.5 cm³/mol. The minimum absolute atomic E-state index is 0.417. The van der Waals surface area contributed by atoms with Crippen molar-refractivity contribution < 1.29 is 0 Å². The molecule has 0 radical (unpaired) electrons. The lowest BCUT2D eigenvalue weighted by Crippen LogP contribution is -2.23. The van der Waals surface area contributed by atoms with E-state index in [-0.39, 0.29) is 0 Å². The molecule has 0 aliphatic carbocycles. The molecular weight excluding hydrogens is 228 g/mol. The number of rotatable bonds is 1. The van der Waals surface area contributed by atoms with Crippen LogP contribution in [0.1, 0.15) is 0 Å². The third-order valence-electron chi connectivity index (χ3n) is 2.61. The molecule has 2 aromatic carbocycles. The number of aromatic nitrogens is 3. The van der Waals surface area contributed by atoms with Crippen molar-refractivity contribution in [3.05, 3.63) is 59.0 Å². The minimum Gasteiger partial charge on any atom is -0.399 e. The molecule has 88 valence electrons. The van der Waals surface area contributed by atoms with Gasteiger partial charge < -0.3 is 5.73 Å². The molecule has 0 aliphatic rings. The van der Waals surface area contributed by atoms with Crippen LogP contribution in [-0.2, 0) is 0 Å². The Kier molecular flexibility index (Phi) is 2.30. The molecule has 0 saturated heterocycles. The molecule has 0 amide bonds. The van der Waals surface area contributed by atoms with E-state index in [9.17, 15) is 4.79 Å². The van der Waals surface area contributed by atoms with Crippen molar-refractivity contribution in [2.24, 2.45) is 0 Å². The van der Waals surface area contributed by atoms with Crippen molar-refractivity contribution in [2.75, 3.05) is 5.73 Å². The molecule has 0 unspecified atom stereocenters. The molecule has 18 heavy (non-hydrogen) atoms. The molecule has 3 aromatic rings. The number of nitrogens with two attached hydrogens (primary N) is 1. The van der Waals surface area contributed by atoms with E-state index in [4.69, 9.17) is 5.73 Å². The Morgan fingerprint density at radius 2 is 1.78 bits per heavy atom. The van der Waals surface area contributed by atoms with Crippen molar-refractivity contribution in [1.82, 2.24) is 14.8 Å². The summed E-state index contributed by atoms with van der Waals surface area (Å²) in [6, 6.07) is 14.3. The number of anilines is 1. The molecule has 1 heterocycles. The number of hydrogen-bond acceptors (Lipinski definition) is 4. The van der Waals surface area contributed by atoms with Gasteiger partial charge in [0, 0.05) is 5.69 Å². The summed E-state index contributed by atoms with van der Waals surface area (Å²) in [6.07, 6.45) is 0. The highest BCUT2D eigenvalue weighted by atomic mass is 16.1. The summed E-state index contributed by atoms with van der Waals surface area (Å²) in [4.78, 5) is 15.9. The zero-order valence-corrected chi connectivity index (χ0v) is 9.45. The first-order valence-corrected chi connectivity index (χ1v) is 5.46. The van der Waals surface area contributed by atoms with Gasteiger partial charge in [0.15, 0.2) is 0 Å². The van der Waals surface area contributed by atoms with Gasteiger partial charge in [0.05, 0.1) is 11.2 Å². The van der Waals surface area contributed by atoms with Crippen LogP contribution >= 0.6 is 0 Å². The quantitative estimate of drug-likeness (QED) is 0.650. The smallest absolute Gasteiger partial charge is 0.369 e. The van der Waals surface area contributed by atoms with Crippen LogP contribution in [-0.4, -0.2) is 14.8 Å². The zero-order valence-electron chi connectivity index (χ0n) is 9.45. The van der Waals surface area contributed by atoms with Crippen molar-refractivity contribution in [1.29, 1.82) is 0 Å². The van der Waals surface area contributed by atoms with Crippen LogP contribution in [0.5, 0.6) is 0 Å². The third kappa shape index (κ3) is 1.71. The Labute approximate surface area is 103 Å². The van der Waals surface area contributed by atoms with E-state index in [0.717, 1.165) is 0 Å². The average molecular weight is 238 g/mol. The van der Waals surface area contributed by atoms with Gasteiger partial charge in [-0.3, -0.25) is 0 Å². The van der Waals surface area contributed by atoms with E-state index in [1.807, 2.05) is 18.2 Å². The van der Waals surface area contributed by atoms with Gasteiger partial charge in [-0.05, 0) is 30.3 Å². The maximum Gasteiger partial charge on any atom is 0.369 e. The lowest BCUT2D eigenvalue weighted by atomic mass is 10.3. The fourth-order valence-electron chi connectivity index (χ4n) is 1.75. The molecule has 0 aliphatic heterocycles. The number of para-hydroxylation sites is 1. The molecule has 3 rings (SSSR count). The predicted octanol–water partition coefficient (Wildman–Crippen LogP) is 1.36. The van der Waals surface area contributed by atoms with Gasteiger partial charge in [-0.15, -0.1) is 0 Å². The molecule has 0 atom stereocenters. The summed E-state index contributed by atoms with van der Waals surface area (Å²) < 4.78 is 1.28. The maximum atomic E-state index is 11.9. The van der Waals surface area contributed by atoms with Gasteiger partial charge in [0.2, 0.25) is 0 Å². The number of fused-ring (bicyclic) bond motifs is 1. The SMILES string of the molecule is Nc1ccc2nn(-c3ccccc3)c(=O)nc2c1. The van der Waals surface area contributed by atoms with Crippen LogP contribution in [0.25, 0.3) is 16.7 Å². The van der Waals surface area contributed by atoms with Gasteiger partial charge in [-0.2, -0.15) is 14.8 Å². The highest BCUT2D eigenvalue weighted by molar-refractivity contribution is 5.77. The largest absolute Gasteiger partial charge is 0.399 e. The lowest BCUT2D eigenvalue weighted by molar-refractivity contribution is 0.793. The van der Waals surface area contributed by atoms with Gasteiger partial charge in [0.1, 0.15) is 5.52 Å². The van der Waals surface area contributed by atoms with E-state index in [2.05, 4.69) is 10.1 Å². The standard InChI is InChI=1S/C13H10N4O/c14-9-6-7-11-12(8-9)15-13(18)17(16-11)10-4-2-1-3-5-10/h1-8H,14H2. The normalized spacial score (nSPS) is 10.7. The van der Waals surface area contributed by atoms with Gasteiger partial charge in [-0.1, -0.05) is 18.2 Å². The summed E-state index contributed by atoms with van der Waals surface area (Å²) >= 11 is 0. The van der Waals surface area contributed by atoms with Crippen molar-refractivity contribution in [2.45, 2.75) is 0 Å². The van der Waals surface area contributed by atoms with Crippen LogP contribution in [0.3, 0.4) is 0 Å². The summed E-state index contributed by atoms with van der Waals surface area (Å²) in [5, 5.41) is 4.27. The van der Waals surface area contributed by atoms with Crippen LogP contribution in [0.2, 0.25) is 0 Å². The van der Waals surface area contributed by atoms with Gasteiger partial charge >= 0.3 is 5.69 Å². The Balaban J connectivity index is 2.29. The summed E-state index contributed by atoms with van der Waals surface area (Å²) in [6.45, 7) is 0. The Bertz CT molecular complexity index is 765. The number of nitrogen functional groups attached to an aromatic ring is 1. The van der Waals surface area contributed by atoms with E-state index >= 15 is 0 Å². The third-order valence-corrected chi connectivity index (χ3v) is 2.61. The Morgan fingerprint density at radius 3 is 2.56 bits per heavy atom. The van der Waals surface area contributed by atoms with Crippen LogP contribution in [0.4, 0.5) is 5.69 Å². The van der Waals surface area contributed by atoms with Crippen molar-refractivity contribution >= 4 is 16.7 Å².